The second kappa shape index (κ2) is 6.93. The van der Waals surface area contributed by atoms with Gasteiger partial charge in [-0.15, -0.1) is 0 Å². The Balaban J connectivity index is 1.50. The van der Waals surface area contributed by atoms with Gasteiger partial charge in [0.15, 0.2) is 11.5 Å². The summed E-state index contributed by atoms with van der Waals surface area (Å²) in [5, 5.41) is 0. The fourth-order valence-electron chi connectivity index (χ4n) is 3.59. The summed E-state index contributed by atoms with van der Waals surface area (Å²) in [6.45, 7) is 0.578. The topological polar surface area (TPSA) is 55.8 Å². The number of fused-ring (bicyclic) bond motifs is 2. The number of para-hydroxylation sites is 2. The molecule has 138 valence electrons. The minimum Gasteiger partial charge on any atom is -0.486 e. The molecule has 2 aromatic carbocycles. The normalized spacial score (nSPS) is 19.2. The molecule has 2 aliphatic rings. The van der Waals surface area contributed by atoms with Gasteiger partial charge in [-0.05, 0) is 61.1 Å². The summed E-state index contributed by atoms with van der Waals surface area (Å²) in [4.78, 5) is 0.359. The van der Waals surface area contributed by atoms with Gasteiger partial charge < -0.3 is 9.47 Å². The molecular weight excluding hydrogens is 350 g/mol. The molecule has 0 fully saturated rings. The lowest BCUT2D eigenvalue weighted by Gasteiger charge is -2.29. The van der Waals surface area contributed by atoms with E-state index in [2.05, 4.69) is 0 Å². The zero-order valence-corrected chi connectivity index (χ0v) is 15.7. The lowest BCUT2D eigenvalue weighted by atomic mass is 9.92. The van der Waals surface area contributed by atoms with Crippen LogP contribution >= 0.6 is 0 Å². The molecule has 6 heteroatoms. The van der Waals surface area contributed by atoms with Crippen LogP contribution in [0, 0.1) is 0 Å². The molecule has 4 rings (SSSR count). The van der Waals surface area contributed by atoms with Crippen molar-refractivity contribution in [2.75, 3.05) is 20.2 Å². The largest absolute Gasteiger partial charge is 0.486 e. The van der Waals surface area contributed by atoms with Gasteiger partial charge in [0, 0.05) is 7.05 Å². The van der Waals surface area contributed by atoms with E-state index in [1.165, 1.54) is 16.3 Å². The molecular formula is C20H23NO4S. The van der Waals surface area contributed by atoms with Gasteiger partial charge in [0.25, 0.3) is 0 Å². The number of benzene rings is 2. The monoisotopic (exact) mass is 373 g/mol. The quantitative estimate of drug-likeness (QED) is 0.827. The van der Waals surface area contributed by atoms with Gasteiger partial charge in [0.05, 0.1) is 11.4 Å². The zero-order valence-electron chi connectivity index (χ0n) is 14.8. The van der Waals surface area contributed by atoms with Gasteiger partial charge in [-0.3, -0.25) is 0 Å². The Hall–Kier alpha value is -2.05. The Kier molecular flexibility index (Phi) is 4.63. The van der Waals surface area contributed by atoms with Crippen molar-refractivity contribution in [2.24, 2.45) is 0 Å². The number of rotatable bonds is 4. The minimum atomic E-state index is -3.55. The predicted molar refractivity (Wildman–Crippen MR) is 99.3 cm³/mol. The van der Waals surface area contributed by atoms with E-state index in [4.69, 9.17) is 9.47 Å². The SMILES string of the molecule is CN(CC1COc2ccccc2O1)S(=O)(=O)c1ccc2c(c1)CCCC2. The third-order valence-electron chi connectivity index (χ3n) is 5.06. The van der Waals surface area contributed by atoms with Crippen molar-refractivity contribution in [3.8, 4) is 11.5 Å². The van der Waals surface area contributed by atoms with Gasteiger partial charge in [0.1, 0.15) is 12.7 Å². The van der Waals surface area contributed by atoms with Crippen LogP contribution in [0.5, 0.6) is 11.5 Å². The highest BCUT2D eigenvalue weighted by Gasteiger charge is 2.28. The Morgan fingerprint density at radius 1 is 1.04 bits per heavy atom. The molecule has 0 aromatic heterocycles. The van der Waals surface area contributed by atoms with Crippen LogP contribution in [-0.2, 0) is 22.9 Å². The van der Waals surface area contributed by atoms with Crippen molar-refractivity contribution in [3.05, 3.63) is 53.6 Å². The van der Waals surface area contributed by atoms with Gasteiger partial charge in [-0.2, -0.15) is 4.31 Å². The Bertz CT molecular complexity index is 910. The van der Waals surface area contributed by atoms with Crippen molar-refractivity contribution in [1.82, 2.24) is 4.31 Å². The summed E-state index contributed by atoms with van der Waals surface area (Å²) in [5.41, 5.74) is 2.44. The number of aryl methyl sites for hydroxylation is 2. The number of sulfonamides is 1. The van der Waals surface area contributed by atoms with Crippen LogP contribution in [-0.4, -0.2) is 39.0 Å². The highest BCUT2D eigenvalue weighted by atomic mass is 32.2. The van der Waals surface area contributed by atoms with Crippen molar-refractivity contribution in [3.63, 3.8) is 0 Å². The van der Waals surface area contributed by atoms with Gasteiger partial charge >= 0.3 is 0 Å². The van der Waals surface area contributed by atoms with E-state index in [0.717, 1.165) is 24.8 Å². The number of ether oxygens (including phenoxy) is 2. The molecule has 1 aliphatic carbocycles. The van der Waals surface area contributed by atoms with Crippen LogP contribution in [0.2, 0.25) is 0 Å². The first kappa shape index (κ1) is 17.4. The van der Waals surface area contributed by atoms with Crippen LogP contribution < -0.4 is 9.47 Å². The molecule has 0 bridgehead atoms. The molecule has 26 heavy (non-hydrogen) atoms. The van der Waals surface area contributed by atoms with E-state index in [9.17, 15) is 8.42 Å². The Morgan fingerprint density at radius 2 is 1.77 bits per heavy atom. The highest BCUT2D eigenvalue weighted by Crippen LogP contribution is 2.31. The molecule has 0 spiro atoms. The molecule has 0 saturated heterocycles. The number of hydrogen-bond donors (Lipinski definition) is 0. The zero-order chi connectivity index (χ0) is 18.1. The number of hydrogen-bond acceptors (Lipinski definition) is 4. The maximum atomic E-state index is 13.0. The standard InChI is InChI=1S/C20H23NO4S/c1-21(13-17-14-24-19-8-4-5-9-20(19)25-17)26(22,23)18-11-10-15-6-2-3-7-16(15)12-18/h4-5,8-12,17H,2-3,6-7,13-14H2,1H3. The second-order valence-electron chi connectivity index (χ2n) is 6.92. The summed E-state index contributed by atoms with van der Waals surface area (Å²) in [5.74, 6) is 1.35. The second-order valence-corrected chi connectivity index (χ2v) is 8.97. The Labute approximate surface area is 154 Å². The van der Waals surface area contributed by atoms with E-state index < -0.39 is 10.0 Å². The molecule has 1 unspecified atom stereocenters. The summed E-state index contributed by atoms with van der Waals surface area (Å²) >= 11 is 0. The smallest absolute Gasteiger partial charge is 0.242 e. The molecule has 1 heterocycles. The molecule has 1 aliphatic heterocycles. The van der Waals surface area contributed by atoms with Crippen LogP contribution in [0.25, 0.3) is 0 Å². The first-order valence-electron chi connectivity index (χ1n) is 9.01. The molecule has 2 aromatic rings. The van der Waals surface area contributed by atoms with Crippen LogP contribution in [0.4, 0.5) is 0 Å². The average molecular weight is 373 g/mol. The van der Waals surface area contributed by atoms with Crippen molar-refractivity contribution >= 4 is 10.0 Å². The van der Waals surface area contributed by atoms with E-state index in [-0.39, 0.29) is 12.6 Å². The Morgan fingerprint density at radius 3 is 2.58 bits per heavy atom. The lowest BCUT2D eigenvalue weighted by Crippen LogP contribution is -2.41. The van der Waals surface area contributed by atoms with Crippen molar-refractivity contribution < 1.29 is 17.9 Å². The molecule has 0 N–H and O–H groups in total. The average Bonchev–Trinajstić information content (AvgIpc) is 2.67. The van der Waals surface area contributed by atoms with Crippen LogP contribution in [0.3, 0.4) is 0 Å². The number of likely N-dealkylation sites (N-methyl/N-ethyl adjacent to an activating group) is 1. The summed E-state index contributed by atoms with van der Waals surface area (Å²) < 4.78 is 38.9. The fraction of sp³-hybridized carbons (Fsp3) is 0.400. The van der Waals surface area contributed by atoms with Crippen molar-refractivity contribution in [2.45, 2.75) is 36.7 Å². The van der Waals surface area contributed by atoms with E-state index in [1.807, 2.05) is 36.4 Å². The maximum Gasteiger partial charge on any atom is 0.242 e. The van der Waals surface area contributed by atoms with Gasteiger partial charge in [-0.25, -0.2) is 8.42 Å². The first-order valence-corrected chi connectivity index (χ1v) is 10.4. The summed E-state index contributed by atoms with van der Waals surface area (Å²) in [7, 11) is -1.96. The van der Waals surface area contributed by atoms with E-state index in [0.29, 0.717) is 23.0 Å². The third kappa shape index (κ3) is 3.31. The third-order valence-corrected chi connectivity index (χ3v) is 6.88. The molecule has 0 saturated carbocycles. The molecule has 5 nitrogen and oxygen atoms in total. The highest BCUT2D eigenvalue weighted by molar-refractivity contribution is 7.89. The number of nitrogens with zero attached hydrogens (tertiary/aromatic N) is 1. The summed E-state index contributed by atoms with van der Waals surface area (Å²) in [6.07, 6.45) is 3.97. The van der Waals surface area contributed by atoms with E-state index in [1.54, 1.807) is 13.1 Å². The van der Waals surface area contributed by atoms with E-state index >= 15 is 0 Å². The molecule has 1 atom stereocenters. The van der Waals surface area contributed by atoms with Crippen LogP contribution in [0.1, 0.15) is 24.0 Å². The van der Waals surface area contributed by atoms with Crippen LogP contribution in [0.15, 0.2) is 47.4 Å². The first-order chi connectivity index (χ1) is 12.5. The predicted octanol–water partition coefficient (Wildman–Crippen LogP) is 3.03. The maximum absolute atomic E-state index is 13.0. The summed E-state index contributed by atoms with van der Waals surface area (Å²) in [6, 6.07) is 13.0. The minimum absolute atomic E-state index is 0.244. The molecule has 0 radical (unpaired) electrons. The van der Waals surface area contributed by atoms with Crippen molar-refractivity contribution in [1.29, 1.82) is 0 Å². The van der Waals surface area contributed by atoms with Gasteiger partial charge in [0.2, 0.25) is 10.0 Å². The van der Waals surface area contributed by atoms with Gasteiger partial charge in [-0.1, -0.05) is 18.2 Å². The fourth-order valence-corrected chi connectivity index (χ4v) is 4.84. The molecule has 0 amide bonds. The lowest BCUT2D eigenvalue weighted by molar-refractivity contribution is 0.0798.